The molecule has 0 radical (unpaired) electrons. The summed E-state index contributed by atoms with van der Waals surface area (Å²) in [6.07, 6.45) is 2.04. The standard InChI is InChI=1S/C22H28N2O5/c1-12-22(29-12)14-7-9-23(3)10-8-21(20(22)27)15-5-6-16(28-4)19(26)18(15)24(13(2)25)17(21)11-14/h5-6,12,14,17,26H,7-11H2,1-4H3/t12-,14+,17+,21+,22-/m1/s1. The first kappa shape index (κ1) is 18.9. The number of carbonyl (C=O) groups is 2. The summed E-state index contributed by atoms with van der Waals surface area (Å²) >= 11 is 0. The van der Waals surface area contributed by atoms with Gasteiger partial charge in [-0.25, -0.2) is 0 Å². The lowest BCUT2D eigenvalue weighted by Gasteiger charge is -2.46. The minimum atomic E-state index is -0.870. The Morgan fingerprint density at radius 2 is 2.07 bits per heavy atom. The number of phenolic OH excluding ortho intramolecular Hbond substituents is 1. The second kappa shape index (κ2) is 5.95. The average molecular weight is 400 g/mol. The Bertz CT molecular complexity index is 917. The zero-order valence-electron chi connectivity index (χ0n) is 17.4. The van der Waals surface area contributed by atoms with Crippen LogP contribution in [-0.4, -0.2) is 66.7 Å². The number of hydrogen-bond acceptors (Lipinski definition) is 6. The van der Waals surface area contributed by atoms with Gasteiger partial charge in [0.2, 0.25) is 5.91 Å². The number of aromatic hydroxyl groups is 1. The van der Waals surface area contributed by atoms with Crippen molar-refractivity contribution in [3.63, 3.8) is 0 Å². The Morgan fingerprint density at radius 3 is 2.69 bits per heavy atom. The van der Waals surface area contributed by atoms with Crippen molar-refractivity contribution in [2.45, 2.75) is 56.3 Å². The normalized spacial score (nSPS) is 38.3. The van der Waals surface area contributed by atoms with Crippen molar-refractivity contribution in [2.75, 3.05) is 32.1 Å². The van der Waals surface area contributed by atoms with E-state index in [0.717, 1.165) is 25.1 Å². The molecule has 2 spiro atoms. The molecule has 5 atom stereocenters. The number of amides is 1. The van der Waals surface area contributed by atoms with Crippen LogP contribution >= 0.6 is 0 Å². The van der Waals surface area contributed by atoms with Crippen molar-refractivity contribution in [3.05, 3.63) is 17.7 Å². The lowest BCUT2D eigenvalue weighted by atomic mass is 9.57. The number of methoxy groups -OCH3 is 1. The number of nitrogens with zero attached hydrogens (tertiary/aromatic N) is 2. The fourth-order valence-electron chi connectivity index (χ4n) is 6.35. The largest absolute Gasteiger partial charge is 0.503 e. The molecule has 3 saturated heterocycles. The van der Waals surface area contributed by atoms with Crippen LogP contribution < -0.4 is 9.64 Å². The molecule has 1 aromatic carbocycles. The molecule has 1 aromatic rings. The van der Waals surface area contributed by atoms with Crippen molar-refractivity contribution < 1.29 is 24.2 Å². The summed E-state index contributed by atoms with van der Waals surface area (Å²) < 4.78 is 11.4. The molecule has 4 heterocycles. The maximum Gasteiger partial charge on any atom is 0.224 e. The summed E-state index contributed by atoms with van der Waals surface area (Å²) in [5.74, 6) is 0.222. The van der Waals surface area contributed by atoms with Crippen LogP contribution in [-0.2, 0) is 19.7 Å². The Labute approximate surface area is 170 Å². The van der Waals surface area contributed by atoms with Crippen molar-refractivity contribution >= 4 is 17.4 Å². The van der Waals surface area contributed by atoms with Crippen LogP contribution in [0.15, 0.2) is 12.1 Å². The predicted molar refractivity (Wildman–Crippen MR) is 106 cm³/mol. The van der Waals surface area contributed by atoms with Gasteiger partial charge in [0.05, 0.1) is 30.4 Å². The number of carbonyl (C=O) groups excluding carboxylic acids is 2. The van der Waals surface area contributed by atoms with Gasteiger partial charge in [-0.15, -0.1) is 0 Å². The third-order valence-corrected chi connectivity index (χ3v) is 7.82. The smallest absolute Gasteiger partial charge is 0.224 e. The Hall–Kier alpha value is -2.12. The molecular weight excluding hydrogens is 372 g/mol. The van der Waals surface area contributed by atoms with E-state index in [2.05, 4.69) is 11.9 Å². The summed E-state index contributed by atoms with van der Waals surface area (Å²) in [6, 6.07) is 3.25. The highest BCUT2D eigenvalue weighted by atomic mass is 16.6. The fraction of sp³-hybridized carbons (Fsp3) is 0.636. The fourth-order valence-corrected chi connectivity index (χ4v) is 6.35. The molecule has 7 heteroatoms. The highest BCUT2D eigenvalue weighted by Gasteiger charge is 2.75. The number of rotatable bonds is 1. The molecule has 6 rings (SSSR count). The van der Waals surface area contributed by atoms with E-state index in [1.165, 1.54) is 14.0 Å². The minimum absolute atomic E-state index is 0.0591. The lowest BCUT2D eigenvalue weighted by Crippen LogP contribution is -2.62. The van der Waals surface area contributed by atoms with E-state index in [9.17, 15) is 14.7 Å². The van der Waals surface area contributed by atoms with Crippen LogP contribution in [0.25, 0.3) is 0 Å². The third kappa shape index (κ3) is 2.15. The van der Waals surface area contributed by atoms with Gasteiger partial charge in [0, 0.05) is 12.8 Å². The van der Waals surface area contributed by atoms with E-state index >= 15 is 0 Å². The molecule has 0 aromatic heterocycles. The van der Waals surface area contributed by atoms with Gasteiger partial charge >= 0.3 is 0 Å². The molecule has 1 saturated carbocycles. The monoisotopic (exact) mass is 400 g/mol. The number of phenols is 1. The topological polar surface area (TPSA) is 82.6 Å². The molecule has 156 valence electrons. The van der Waals surface area contributed by atoms with Gasteiger partial charge in [0.1, 0.15) is 0 Å². The first-order valence-electron chi connectivity index (χ1n) is 10.4. The molecule has 5 aliphatic rings. The van der Waals surface area contributed by atoms with Gasteiger partial charge in [-0.2, -0.15) is 0 Å². The molecule has 1 amide bonds. The number of epoxide rings is 1. The van der Waals surface area contributed by atoms with Gasteiger partial charge in [0.25, 0.3) is 0 Å². The van der Waals surface area contributed by atoms with Gasteiger partial charge in [-0.1, -0.05) is 6.07 Å². The van der Waals surface area contributed by atoms with E-state index in [1.54, 1.807) is 11.0 Å². The number of benzene rings is 1. The summed E-state index contributed by atoms with van der Waals surface area (Å²) in [5, 5.41) is 11.0. The van der Waals surface area contributed by atoms with Crippen LogP contribution in [0.5, 0.6) is 11.5 Å². The number of fused-ring (bicyclic) bond motifs is 5. The highest BCUT2D eigenvalue weighted by Crippen LogP contribution is 2.64. The Morgan fingerprint density at radius 1 is 1.34 bits per heavy atom. The average Bonchev–Trinajstić information content (AvgIpc) is 3.22. The van der Waals surface area contributed by atoms with Crippen LogP contribution in [0.2, 0.25) is 0 Å². The second-order valence-electron chi connectivity index (χ2n) is 9.05. The van der Waals surface area contributed by atoms with Crippen molar-refractivity contribution in [1.82, 2.24) is 4.90 Å². The molecule has 4 fully saturated rings. The summed E-state index contributed by atoms with van der Waals surface area (Å²) in [6.45, 7) is 5.13. The number of anilines is 1. The third-order valence-electron chi connectivity index (χ3n) is 7.82. The quantitative estimate of drug-likeness (QED) is 0.725. The number of Topliss-reactive ketones (excluding diaryl/α,β-unsaturated/α-hetero) is 1. The van der Waals surface area contributed by atoms with E-state index in [4.69, 9.17) is 9.47 Å². The first-order valence-corrected chi connectivity index (χ1v) is 10.4. The highest BCUT2D eigenvalue weighted by molar-refractivity contribution is 6.09. The zero-order valence-corrected chi connectivity index (χ0v) is 17.4. The predicted octanol–water partition coefficient (Wildman–Crippen LogP) is 1.85. The Kier molecular flexibility index (Phi) is 3.87. The summed E-state index contributed by atoms with van der Waals surface area (Å²) in [5.41, 5.74) is -0.467. The maximum atomic E-state index is 14.2. The van der Waals surface area contributed by atoms with Gasteiger partial charge < -0.3 is 24.4 Å². The SMILES string of the molecule is COc1ccc2c(c1O)N(C(C)=O)[C@H]1C[C@@H]3CCN(C)CC[C@]21C(=O)[C@]31O[C@@H]1C. The van der Waals surface area contributed by atoms with Gasteiger partial charge in [0.15, 0.2) is 22.9 Å². The summed E-state index contributed by atoms with van der Waals surface area (Å²) in [4.78, 5) is 30.9. The van der Waals surface area contributed by atoms with Gasteiger partial charge in [-0.3, -0.25) is 9.59 Å². The maximum absolute atomic E-state index is 14.2. The molecular formula is C22H28N2O5. The molecule has 7 nitrogen and oxygen atoms in total. The van der Waals surface area contributed by atoms with Crippen LogP contribution in [0.3, 0.4) is 0 Å². The summed E-state index contributed by atoms with van der Waals surface area (Å²) in [7, 11) is 3.56. The van der Waals surface area contributed by atoms with Crippen LogP contribution in [0.4, 0.5) is 5.69 Å². The second-order valence-corrected chi connectivity index (χ2v) is 9.05. The number of hydrogen-bond donors (Lipinski definition) is 1. The minimum Gasteiger partial charge on any atom is -0.503 e. The number of ether oxygens (including phenoxy) is 2. The molecule has 29 heavy (non-hydrogen) atoms. The van der Waals surface area contributed by atoms with E-state index in [0.29, 0.717) is 24.3 Å². The molecule has 1 N–H and O–H groups in total. The van der Waals surface area contributed by atoms with E-state index < -0.39 is 11.0 Å². The Balaban J connectivity index is 1.79. The molecule has 2 bridgehead atoms. The lowest BCUT2D eigenvalue weighted by molar-refractivity contribution is -0.137. The molecule has 0 unspecified atom stereocenters. The number of ketones is 1. The molecule has 4 aliphatic heterocycles. The van der Waals surface area contributed by atoms with Crippen LogP contribution in [0.1, 0.15) is 38.7 Å². The van der Waals surface area contributed by atoms with Crippen molar-refractivity contribution in [1.29, 1.82) is 0 Å². The van der Waals surface area contributed by atoms with E-state index in [1.807, 2.05) is 13.0 Å². The van der Waals surface area contributed by atoms with Crippen LogP contribution in [0, 0.1) is 5.92 Å². The van der Waals surface area contributed by atoms with Crippen molar-refractivity contribution in [3.8, 4) is 11.5 Å². The van der Waals surface area contributed by atoms with Gasteiger partial charge in [-0.05, 0) is 58.0 Å². The molecule has 1 aliphatic carbocycles. The zero-order chi connectivity index (χ0) is 20.7. The van der Waals surface area contributed by atoms with E-state index in [-0.39, 0.29) is 35.5 Å². The first-order chi connectivity index (χ1) is 13.8. The van der Waals surface area contributed by atoms with Crippen molar-refractivity contribution in [2.24, 2.45) is 5.92 Å².